The molecule has 0 atom stereocenters. The number of amides is 2. The Labute approximate surface area is 244 Å². The first-order chi connectivity index (χ1) is 20.2. The van der Waals surface area contributed by atoms with Crippen LogP contribution in [0.5, 0.6) is 0 Å². The van der Waals surface area contributed by atoms with Gasteiger partial charge in [-0.25, -0.2) is 14.8 Å². The van der Waals surface area contributed by atoms with Gasteiger partial charge in [0.1, 0.15) is 0 Å². The van der Waals surface area contributed by atoms with Gasteiger partial charge < -0.3 is 24.7 Å². The number of fused-ring (bicyclic) bond motifs is 1. The number of carbonyl (C=O) groups excluding carboxylic acids is 1. The zero-order valence-electron chi connectivity index (χ0n) is 22.4. The molecule has 42 heavy (non-hydrogen) atoms. The van der Waals surface area contributed by atoms with E-state index in [1.54, 1.807) is 31.5 Å². The van der Waals surface area contributed by atoms with Crippen LogP contribution in [-0.2, 0) is 17.5 Å². The molecule has 3 aromatic carbocycles. The lowest BCUT2D eigenvalue weighted by molar-refractivity contribution is -0.137. The van der Waals surface area contributed by atoms with Crippen molar-refractivity contribution in [2.45, 2.75) is 12.7 Å². The normalized spacial score (nSPS) is 11.5. The summed E-state index contributed by atoms with van der Waals surface area (Å²) < 4.78 is 46.4. The summed E-state index contributed by atoms with van der Waals surface area (Å²) in [7, 11) is 1.64. The average Bonchev–Trinajstić information content (AvgIpc) is 3.45. The summed E-state index contributed by atoms with van der Waals surface area (Å²) in [6.45, 7) is 1.55. The number of urea groups is 1. The highest BCUT2D eigenvalue weighted by Gasteiger charge is 2.30. The minimum atomic E-state index is -4.52. The van der Waals surface area contributed by atoms with Gasteiger partial charge in [-0.05, 0) is 48.0 Å². The van der Waals surface area contributed by atoms with E-state index in [-0.39, 0.29) is 5.69 Å². The van der Waals surface area contributed by atoms with Crippen molar-refractivity contribution in [3.8, 4) is 11.3 Å². The third-order valence-corrected chi connectivity index (χ3v) is 6.62. The molecular weight excluding hydrogens is 569 g/mol. The number of nitrogens with one attached hydrogen (secondary N) is 2. The van der Waals surface area contributed by atoms with Crippen LogP contribution in [0.4, 0.5) is 35.2 Å². The predicted octanol–water partition coefficient (Wildman–Crippen LogP) is 7.37. The summed E-state index contributed by atoms with van der Waals surface area (Å²) >= 11 is 6.08. The molecule has 2 amide bonds. The number of benzene rings is 3. The first-order valence-electron chi connectivity index (χ1n) is 12.9. The van der Waals surface area contributed by atoms with Crippen molar-refractivity contribution in [1.29, 1.82) is 0 Å². The largest absolute Gasteiger partial charge is 0.416 e. The van der Waals surface area contributed by atoms with Crippen LogP contribution in [0, 0.1) is 0 Å². The molecule has 5 rings (SSSR count). The fourth-order valence-electron chi connectivity index (χ4n) is 4.36. The lowest BCUT2D eigenvalue weighted by Crippen LogP contribution is -2.28. The fraction of sp³-hybridized carbons (Fsp3) is 0.167. The number of carbonyl (C=O) groups is 1. The Morgan fingerprint density at radius 1 is 1.02 bits per heavy atom. The maximum atomic E-state index is 13.0. The number of anilines is 3. The minimum absolute atomic E-state index is 0.0205. The summed E-state index contributed by atoms with van der Waals surface area (Å²) in [5.41, 5.74) is 2.63. The van der Waals surface area contributed by atoms with Crippen LogP contribution in [0.15, 0.2) is 91.4 Å². The third-order valence-electron chi connectivity index (χ3n) is 6.37. The molecule has 0 fully saturated rings. The van der Waals surface area contributed by atoms with Gasteiger partial charge in [0.2, 0.25) is 0 Å². The van der Waals surface area contributed by atoms with Gasteiger partial charge in [-0.15, -0.1) is 0 Å². The molecule has 0 radical (unpaired) electrons. The van der Waals surface area contributed by atoms with Gasteiger partial charge in [0, 0.05) is 60.8 Å². The topological polar surface area (TPSA) is 83.8 Å². The monoisotopic (exact) mass is 594 g/mol. The van der Waals surface area contributed by atoms with Crippen molar-refractivity contribution >= 4 is 40.5 Å². The highest BCUT2D eigenvalue weighted by atomic mass is 35.5. The van der Waals surface area contributed by atoms with Crippen LogP contribution < -0.4 is 15.5 Å². The number of hydrogen-bond acceptors (Lipinski definition) is 5. The van der Waals surface area contributed by atoms with Crippen molar-refractivity contribution in [1.82, 2.24) is 14.4 Å². The molecule has 2 aromatic heterocycles. The number of halogens is 4. The SMILES string of the molecule is COCCN(Cc1ccc(Cl)cc1)c1nc(-c2cccc(NC(=O)Nc3cccc(C(F)(F)F)c3)c2)cn2ccnc12. The number of ether oxygens (including phenoxy) is 1. The second kappa shape index (κ2) is 12.5. The molecule has 0 aliphatic heterocycles. The number of alkyl halides is 3. The predicted molar refractivity (Wildman–Crippen MR) is 157 cm³/mol. The first kappa shape index (κ1) is 28.9. The van der Waals surface area contributed by atoms with Gasteiger partial charge in [0.25, 0.3) is 0 Å². The quantitative estimate of drug-likeness (QED) is 0.186. The van der Waals surface area contributed by atoms with Crippen molar-refractivity contribution in [2.24, 2.45) is 0 Å². The molecule has 0 unspecified atom stereocenters. The highest BCUT2D eigenvalue weighted by Crippen LogP contribution is 2.31. The van der Waals surface area contributed by atoms with Crippen LogP contribution in [0.1, 0.15) is 11.1 Å². The van der Waals surface area contributed by atoms with Gasteiger partial charge >= 0.3 is 12.2 Å². The van der Waals surface area contributed by atoms with Gasteiger partial charge in [-0.1, -0.05) is 41.9 Å². The third kappa shape index (κ3) is 6.99. The molecule has 0 saturated heterocycles. The van der Waals surface area contributed by atoms with E-state index in [9.17, 15) is 18.0 Å². The number of methoxy groups -OCH3 is 1. The van der Waals surface area contributed by atoms with Crippen molar-refractivity contribution in [2.75, 3.05) is 35.8 Å². The Hall–Kier alpha value is -4.61. The Kier molecular flexibility index (Phi) is 8.60. The maximum Gasteiger partial charge on any atom is 0.416 e. The Balaban J connectivity index is 1.41. The Morgan fingerprint density at radius 3 is 2.45 bits per heavy atom. The van der Waals surface area contributed by atoms with E-state index in [4.69, 9.17) is 21.3 Å². The maximum absolute atomic E-state index is 13.0. The van der Waals surface area contributed by atoms with E-state index in [1.165, 1.54) is 12.1 Å². The van der Waals surface area contributed by atoms with Crippen LogP contribution in [0.2, 0.25) is 5.02 Å². The van der Waals surface area contributed by atoms with Gasteiger partial charge in [0.15, 0.2) is 11.5 Å². The molecule has 5 aromatic rings. The number of rotatable bonds is 9. The summed E-state index contributed by atoms with van der Waals surface area (Å²) in [6.07, 6.45) is 0.839. The van der Waals surface area contributed by atoms with E-state index >= 15 is 0 Å². The van der Waals surface area contributed by atoms with Crippen molar-refractivity contribution in [3.05, 3.63) is 108 Å². The van der Waals surface area contributed by atoms with Gasteiger partial charge in [0.05, 0.1) is 17.9 Å². The fourth-order valence-corrected chi connectivity index (χ4v) is 4.49. The molecule has 12 heteroatoms. The molecule has 0 saturated carbocycles. The average molecular weight is 595 g/mol. The molecule has 0 aliphatic carbocycles. The van der Waals surface area contributed by atoms with Gasteiger partial charge in [-0.3, -0.25) is 0 Å². The second-order valence-corrected chi connectivity index (χ2v) is 9.82. The molecule has 0 bridgehead atoms. The summed E-state index contributed by atoms with van der Waals surface area (Å²) in [5, 5.41) is 5.77. The molecule has 216 valence electrons. The lowest BCUT2D eigenvalue weighted by atomic mass is 10.1. The van der Waals surface area contributed by atoms with Crippen LogP contribution in [0.25, 0.3) is 16.9 Å². The number of hydrogen-bond donors (Lipinski definition) is 2. The molecule has 8 nitrogen and oxygen atoms in total. The minimum Gasteiger partial charge on any atom is -0.383 e. The molecule has 0 aliphatic rings. The van der Waals surface area contributed by atoms with E-state index in [1.807, 2.05) is 47.1 Å². The van der Waals surface area contributed by atoms with Crippen LogP contribution >= 0.6 is 11.6 Å². The number of nitrogens with zero attached hydrogens (tertiary/aromatic N) is 4. The second-order valence-electron chi connectivity index (χ2n) is 9.39. The van der Waals surface area contributed by atoms with E-state index in [0.29, 0.717) is 53.1 Å². The standard InChI is InChI=1S/C30H26ClF3N6O2/c1-42-15-14-40(18-20-8-10-23(31)11-9-20)28-27-35-12-13-39(27)19-26(38-28)21-4-2-6-24(16-21)36-29(41)37-25-7-3-5-22(17-25)30(32,33)34/h2-13,16-17,19H,14-15,18H2,1H3,(H2,36,37,41). The number of aromatic nitrogens is 3. The van der Waals surface area contributed by atoms with Crippen molar-refractivity contribution in [3.63, 3.8) is 0 Å². The van der Waals surface area contributed by atoms with E-state index in [2.05, 4.69) is 20.5 Å². The first-order valence-corrected chi connectivity index (χ1v) is 13.2. The van der Waals surface area contributed by atoms with Crippen LogP contribution in [-0.4, -0.2) is 40.7 Å². The summed E-state index contributed by atoms with van der Waals surface area (Å²) in [5.74, 6) is 0.644. The zero-order chi connectivity index (χ0) is 29.7. The summed E-state index contributed by atoms with van der Waals surface area (Å²) in [4.78, 5) is 24.2. The zero-order valence-corrected chi connectivity index (χ0v) is 23.2. The molecule has 2 N–H and O–H groups in total. The number of imidazole rings is 1. The van der Waals surface area contributed by atoms with Crippen LogP contribution in [0.3, 0.4) is 0 Å². The Morgan fingerprint density at radius 2 is 1.74 bits per heavy atom. The molecule has 0 spiro atoms. The molecule has 2 heterocycles. The van der Waals surface area contributed by atoms with Gasteiger partial charge in [-0.2, -0.15) is 13.2 Å². The Bertz CT molecular complexity index is 1690. The lowest BCUT2D eigenvalue weighted by Gasteiger charge is -2.24. The summed E-state index contributed by atoms with van der Waals surface area (Å²) in [6, 6.07) is 18.3. The van der Waals surface area contributed by atoms with Crippen molar-refractivity contribution < 1.29 is 22.7 Å². The smallest absolute Gasteiger partial charge is 0.383 e. The molecular formula is C30H26ClF3N6O2. The highest BCUT2D eigenvalue weighted by molar-refractivity contribution is 6.30. The van der Waals surface area contributed by atoms with E-state index in [0.717, 1.165) is 17.7 Å². The van der Waals surface area contributed by atoms with E-state index < -0.39 is 17.8 Å².